The van der Waals surface area contributed by atoms with Gasteiger partial charge in [-0.2, -0.15) is 0 Å². The van der Waals surface area contributed by atoms with E-state index in [0.717, 1.165) is 0 Å². The predicted octanol–water partition coefficient (Wildman–Crippen LogP) is 0.647. The molecule has 0 fully saturated rings. The van der Waals surface area contributed by atoms with Gasteiger partial charge >= 0.3 is 5.97 Å². The van der Waals surface area contributed by atoms with E-state index < -0.39 is 12.8 Å². The first-order valence-corrected chi connectivity index (χ1v) is 1.34. The van der Waals surface area contributed by atoms with E-state index in [9.17, 15) is 4.79 Å². The van der Waals surface area contributed by atoms with Gasteiger partial charge in [-0.05, 0) is 6.85 Å². The summed E-state index contributed by atoms with van der Waals surface area (Å²) < 4.78 is 19.5. The Morgan fingerprint density at radius 2 is 2.83 bits per heavy atom. The maximum atomic E-state index is 9.71. The minimum Gasteiger partial charge on any atom is -0.478 e. The molecule has 0 saturated carbocycles. The summed E-state index contributed by atoms with van der Waals surface area (Å²) in [5.41, 5.74) is 0. The molecular weight excluding hydrogens is 80.0 g/mol. The fourth-order valence-corrected chi connectivity index (χ4v) is 0.0713. The lowest BCUT2D eigenvalue weighted by Gasteiger charge is -1.68. The number of hydrogen-bond acceptors (Lipinski definition) is 1. The highest BCUT2D eigenvalue weighted by atomic mass is 16.4. The van der Waals surface area contributed by atoms with Crippen LogP contribution < -0.4 is 0 Å². The predicted molar refractivity (Wildman–Crippen MR) is 22.4 cm³/mol. The first-order valence-electron chi connectivity index (χ1n) is 2.84. The molecule has 0 rings (SSSR count). The van der Waals surface area contributed by atoms with Crippen LogP contribution in [0.4, 0.5) is 0 Å². The van der Waals surface area contributed by atoms with E-state index in [1.807, 2.05) is 0 Å². The summed E-state index contributed by atoms with van der Waals surface area (Å²) in [5, 5.41) is 7.94. The van der Waals surface area contributed by atoms with Crippen molar-refractivity contribution in [3.8, 4) is 0 Å². The van der Waals surface area contributed by atoms with E-state index >= 15 is 0 Å². The lowest BCUT2D eigenvalue weighted by atomic mass is 10.5. The van der Waals surface area contributed by atoms with E-state index in [-0.39, 0.29) is 0 Å². The summed E-state index contributed by atoms with van der Waals surface area (Å²) in [7, 11) is 0. The molecule has 2 heteroatoms. The monoisotopic (exact) mass is 89.1 g/mol. The number of rotatable bonds is 1. The van der Waals surface area contributed by atoms with E-state index in [1.165, 1.54) is 0 Å². The number of aliphatic carboxylic acids is 1. The van der Waals surface area contributed by atoms with Crippen molar-refractivity contribution in [1.82, 2.24) is 0 Å². The summed E-state index contributed by atoms with van der Waals surface area (Å²) in [4.78, 5) is 9.71. The average Bonchev–Trinajstić information content (AvgIpc) is 1.59. The van der Waals surface area contributed by atoms with Gasteiger partial charge in [0.15, 0.2) is 0 Å². The molecule has 0 amide bonds. The zero-order chi connectivity index (χ0) is 7.49. The highest BCUT2D eigenvalue weighted by molar-refractivity contribution is 5.79. The Hall–Kier alpha value is -0.790. The third kappa shape index (κ3) is 3.21. The maximum absolute atomic E-state index is 9.71. The molecule has 0 heterocycles. The molecule has 0 radical (unpaired) electrons. The first-order chi connectivity index (χ1) is 3.92. The van der Waals surface area contributed by atoms with Crippen LogP contribution in [0.3, 0.4) is 0 Å². The summed E-state index contributed by atoms with van der Waals surface area (Å²) in [6, 6.07) is 0. The van der Waals surface area contributed by atoms with Gasteiger partial charge in [0, 0.05) is 10.2 Å². The Balaban J connectivity index is 3.86. The smallest absolute Gasteiger partial charge is 0.327 e. The molecule has 6 heavy (non-hydrogen) atoms. The third-order valence-corrected chi connectivity index (χ3v) is 0.226. The zero-order valence-electron chi connectivity index (χ0n) is 6.01. The summed E-state index contributed by atoms with van der Waals surface area (Å²) >= 11 is 0. The molecular formula is C4H6O2. The van der Waals surface area contributed by atoms with Crippen LogP contribution in [0, 0.1) is 0 Å². The molecule has 0 aromatic heterocycles. The van der Waals surface area contributed by atoms with Gasteiger partial charge in [-0.15, -0.1) is 0 Å². The van der Waals surface area contributed by atoms with Crippen molar-refractivity contribution in [2.45, 2.75) is 6.85 Å². The Morgan fingerprint density at radius 3 is 3.00 bits per heavy atom. The molecule has 0 aliphatic carbocycles. The molecule has 0 aromatic carbocycles. The van der Waals surface area contributed by atoms with Crippen molar-refractivity contribution >= 4 is 5.97 Å². The van der Waals surface area contributed by atoms with Gasteiger partial charge in [-0.25, -0.2) is 4.79 Å². The fraction of sp³-hybridized carbons (Fsp3) is 0.250. The molecule has 1 N–H and O–H groups in total. The van der Waals surface area contributed by atoms with Crippen molar-refractivity contribution in [3.63, 3.8) is 0 Å². The number of allylic oxidation sites excluding steroid dienone is 1. The quantitative estimate of drug-likeness (QED) is 0.479. The van der Waals surface area contributed by atoms with Crippen LogP contribution >= 0.6 is 0 Å². The van der Waals surface area contributed by atoms with Gasteiger partial charge in [0.1, 0.15) is 0 Å². The van der Waals surface area contributed by atoms with Crippen LogP contribution in [0.25, 0.3) is 0 Å². The van der Waals surface area contributed by atoms with Crippen molar-refractivity contribution in [2.75, 3.05) is 0 Å². The molecule has 0 aliphatic rings. The molecule has 0 aliphatic heterocycles. The van der Waals surface area contributed by atoms with Crippen molar-refractivity contribution in [3.05, 3.63) is 12.2 Å². The normalized spacial score (nSPS) is 19.0. The molecule has 0 aromatic rings. The highest BCUT2D eigenvalue weighted by Gasteiger charge is 1.76. The van der Waals surface area contributed by atoms with Crippen molar-refractivity contribution < 1.29 is 14.0 Å². The second-order valence-corrected chi connectivity index (χ2v) is 0.672. The third-order valence-electron chi connectivity index (χ3n) is 0.226. The second-order valence-electron chi connectivity index (χ2n) is 0.672. The van der Waals surface area contributed by atoms with E-state index in [2.05, 4.69) is 0 Å². The Morgan fingerprint density at radius 1 is 2.17 bits per heavy atom. The largest absolute Gasteiger partial charge is 0.478 e. The number of carboxylic acid groups (broad SMARTS) is 1. The zero-order valence-corrected chi connectivity index (χ0v) is 3.01. The molecule has 2 nitrogen and oxygen atoms in total. The summed E-state index contributed by atoms with van der Waals surface area (Å²) in [6.07, 6.45) is 1.27. The summed E-state index contributed by atoms with van der Waals surface area (Å²) in [6.45, 7) is -2.28. The maximum Gasteiger partial charge on any atom is 0.327 e. The van der Waals surface area contributed by atoms with Crippen molar-refractivity contribution in [1.29, 1.82) is 0 Å². The SMILES string of the molecule is [2H]C([2H])([2H])C=CC(=O)O. The van der Waals surface area contributed by atoms with E-state index in [4.69, 9.17) is 9.22 Å². The van der Waals surface area contributed by atoms with Crippen LogP contribution in [-0.4, -0.2) is 11.1 Å². The van der Waals surface area contributed by atoms with Gasteiger partial charge < -0.3 is 5.11 Å². The Kier molecular flexibility index (Phi) is 0.725. The van der Waals surface area contributed by atoms with Gasteiger partial charge in [0.25, 0.3) is 0 Å². The standard InChI is InChI=1S/C4H6O2/c1-2-3-4(5)6/h2-3H,1H3,(H,5,6)/i1D3. The number of hydrogen-bond donors (Lipinski definition) is 1. The summed E-state index contributed by atoms with van der Waals surface area (Å²) in [5.74, 6) is -1.24. The van der Waals surface area contributed by atoms with Gasteiger partial charge in [-0.1, -0.05) is 6.08 Å². The minimum absolute atomic E-state index is 0.604. The van der Waals surface area contributed by atoms with Crippen molar-refractivity contribution in [2.24, 2.45) is 0 Å². The number of carboxylic acids is 1. The lowest BCUT2D eigenvalue weighted by Crippen LogP contribution is -1.83. The highest BCUT2D eigenvalue weighted by Crippen LogP contribution is 1.65. The van der Waals surface area contributed by atoms with Gasteiger partial charge in [0.2, 0.25) is 0 Å². The minimum atomic E-state index is -2.28. The topological polar surface area (TPSA) is 37.3 Å². The average molecular weight is 89.1 g/mol. The molecule has 0 unspecified atom stereocenters. The van der Waals surface area contributed by atoms with Crippen LogP contribution in [0.5, 0.6) is 0 Å². The van der Waals surface area contributed by atoms with Crippen LogP contribution in [0.15, 0.2) is 12.2 Å². The molecule has 0 bridgehead atoms. The van der Waals surface area contributed by atoms with Crippen LogP contribution in [0.1, 0.15) is 11.0 Å². The fourth-order valence-electron chi connectivity index (χ4n) is 0.0713. The first kappa shape index (κ1) is 1.78. The number of carbonyl (C=O) groups is 1. The molecule has 0 spiro atoms. The van der Waals surface area contributed by atoms with Crippen LogP contribution in [0.2, 0.25) is 0 Å². The van der Waals surface area contributed by atoms with E-state index in [0.29, 0.717) is 12.2 Å². The lowest BCUT2D eigenvalue weighted by molar-refractivity contribution is -0.131. The second kappa shape index (κ2) is 2.45. The molecule has 0 saturated heterocycles. The Bertz CT molecular complexity index is 135. The van der Waals surface area contributed by atoms with E-state index in [1.54, 1.807) is 0 Å². The van der Waals surface area contributed by atoms with Gasteiger partial charge in [-0.3, -0.25) is 0 Å². The molecule has 0 atom stereocenters. The molecule has 34 valence electrons. The Labute approximate surface area is 40.3 Å². The van der Waals surface area contributed by atoms with Gasteiger partial charge in [0.05, 0.1) is 0 Å². The van der Waals surface area contributed by atoms with Crippen LogP contribution in [-0.2, 0) is 4.79 Å².